The maximum Gasteiger partial charge on any atom is 0.274 e. The van der Waals surface area contributed by atoms with Gasteiger partial charge in [0.25, 0.3) is 5.91 Å². The van der Waals surface area contributed by atoms with Gasteiger partial charge in [0.2, 0.25) is 0 Å². The number of amides is 1. The van der Waals surface area contributed by atoms with Gasteiger partial charge in [0.1, 0.15) is 5.71 Å². The Kier molecular flexibility index (Phi) is 3.17. The molecule has 4 heteroatoms. The third-order valence-corrected chi connectivity index (χ3v) is 3.46. The molecule has 0 bridgehead atoms. The second-order valence-corrected chi connectivity index (χ2v) is 5.21. The number of carbonyl (C=O) groups excluding carboxylic acids is 1. The fourth-order valence-corrected chi connectivity index (χ4v) is 2.40. The Morgan fingerprint density at radius 3 is 2.68 bits per heavy atom. The Labute approximate surface area is 119 Å². The van der Waals surface area contributed by atoms with Crippen LogP contribution in [0.2, 0.25) is 0 Å². The summed E-state index contributed by atoms with van der Waals surface area (Å²) >= 11 is 3.41. The topological polar surface area (TPSA) is 41.5 Å². The first kappa shape index (κ1) is 12.1. The van der Waals surface area contributed by atoms with Crippen molar-refractivity contribution in [3.8, 4) is 0 Å². The maximum absolute atomic E-state index is 11.9. The molecule has 1 amide bonds. The van der Waals surface area contributed by atoms with Gasteiger partial charge in [0.05, 0.1) is 12.2 Å². The maximum atomic E-state index is 11.9. The molecule has 2 aromatic rings. The first-order valence-electron chi connectivity index (χ1n) is 5.94. The summed E-state index contributed by atoms with van der Waals surface area (Å²) < 4.78 is 0.940. The second kappa shape index (κ2) is 4.97. The molecule has 0 saturated heterocycles. The van der Waals surface area contributed by atoms with Gasteiger partial charge in [0, 0.05) is 10.0 Å². The SMILES string of the molecule is O=C1Nc2ccc(Br)cc2C1=NCc1ccccc1. The third kappa shape index (κ3) is 2.44. The molecule has 1 N–H and O–H groups in total. The van der Waals surface area contributed by atoms with Crippen molar-refractivity contribution >= 4 is 33.2 Å². The number of anilines is 1. The third-order valence-electron chi connectivity index (χ3n) is 2.96. The lowest BCUT2D eigenvalue weighted by Crippen LogP contribution is -2.14. The van der Waals surface area contributed by atoms with Gasteiger partial charge < -0.3 is 5.32 Å². The van der Waals surface area contributed by atoms with Crippen molar-refractivity contribution in [3.63, 3.8) is 0 Å². The minimum absolute atomic E-state index is 0.135. The van der Waals surface area contributed by atoms with Crippen LogP contribution in [0.25, 0.3) is 0 Å². The minimum Gasteiger partial charge on any atom is -0.320 e. The van der Waals surface area contributed by atoms with E-state index in [2.05, 4.69) is 26.2 Å². The molecule has 3 rings (SSSR count). The zero-order chi connectivity index (χ0) is 13.2. The van der Waals surface area contributed by atoms with E-state index in [0.717, 1.165) is 21.3 Å². The predicted octanol–water partition coefficient (Wildman–Crippen LogP) is 3.39. The molecule has 0 spiro atoms. The van der Waals surface area contributed by atoms with Crippen molar-refractivity contribution in [2.75, 3.05) is 5.32 Å². The lowest BCUT2D eigenvalue weighted by molar-refractivity contribution is -0.110. The molecule has 1 aliphatic rings. The number of aliphatic imine (C=N–C) groups is 1. The molecule has 1 aliphatic heterocycles. The van der Waals surface area contributed by atoms with Crippen LogP contribution in [0.4, 0.5) is 5.69 Å². The van der Waals surface area contributed by atoms with Crippen molar-refractivity contribution in [3.05, 3.63) is 64.1 Å². The summed E-state index contributed by atoms with van der Waals surface area (Å²) in [6, 6.07) is 15.6. The highest BCUT2D eigenvalue weighted by Crippen LogP contribution is 2.27. The molecule has 0 aliphatic carbocycles. The molecule has 19 heavy (non-hydrogen) atoms. The zero-order valence-electron chi connectivity index (χ0n) is 10.1. The van der Waals surface area contributed by atoms with E-state index in [4.69, 9.17) is 0 Å². The summed E-state index contributed by atoms with van der Waals surface area (Å²) in [4.78, 5) is 16.3. The predicted molar refractivity (Wildman–Crippen MR) is 79.5 cm³/mol. The van der Waals surface area contributed by atoms with Crippen molar-refractivity contribution in [2.45, 2.75) is 6.54 Å². The largest absolute Gasteiger partial charge is 0.320 e. The standard InChI is InChI=1S/C15H11BrN2O/c16-11-6-7-13-12(8-11)14(15(19)18-13)17-9-10-4-2-1-3-5-10/h1-8H,9H2,(H,17,18,19). The van der Waals surface area contributed by atoms with Crippen LogP contribution in [0.5, 0.6) is 0 Å². The highest BCUT2D eigenvalue weighted by Gasteiger charge is 2.25. The smallest absolute Gasteiger partial charge is 0.274 e. The van der Waals surface area contributed by atoms with E-state index in [1.165, 1.54) is 0 Å². The normalized spacial score (nSPS) is 15.4. The Morgan fingerprint density at radius 1 is 1.11 bits per heavy atom. The number of hydrogen-bond acceptors (Lipinski definition) is 2. The van der Waals surface area contributed by atoms with Crippen LogP contribution >= 0.6 is 15.9 Å². The molecule has 1 heterocycles. The summed E-state index contributed by atoms with van der Waals surface area (Å²) in [5.41, 5.74) is 3.27. The Balaban J connectivity index is 1.93. The lowest BCUT2D eigenvalue weighted by atomic mass is 10.1. The highest BCUT2D eigenvalue weighted by atomic mass is 79.9. The fourth-order valence-electron chi connectivity index (χ4n) is 2.04. The molecule has 0 atom stereocenters. The van der Waals surface area contributed by atoms with E-state index < -0.39 is 0 Å². The number of hydrogen-bond donors (Lipinski definition) is 1. The number of nitrogens with one attached hydrogen (secondary N) is 1. The highest BCUT2D eigenvalue weighted by molar-refractivity contribution is 9.10. The van der Waals surface area contributed by atoms with Crippen molar-refractivity contribution in [1.29, 1.82) is 0 Å². The number of benzene rings is 2. The molecule has 0 fully saturated rings. The van der Waals surface area contributed by atoms with Gasteiger partial charge in [-0.3, -0.25) is 9.79 Å². The van der Waals surface area contributed by atoms with Crippen LogP contribution in [0, 0.1) is 0 Å². The van der Waals surface area contributed by atoms with Gasteiger partial charge in [0.15, 0.2) is 0 Å². The molecular formula is C15H11BrN2O. The average molecular weight is 315 g/mol. The van der Waals surface area contributed by atoms with Crippen LogP contribution in [0.3, 0.4) is 0 Å². The van der Waals surface area contributed by atoms with Crippen LogP contribution < -0.4 is 5.32 Å². The second-order valence-electron chi connectivity index (χ2n) is 4.29. The number of nitrogens with zero attached hydrogens (tertiary/aromatic N) is 1. The molecule has 3 nitrogen and oxygen atoms in total. The Hall–Kier alpha value is -1.94. The fraction of sp³-hybridized carbons (Fsp3) is 0.0667. The van der Waals surface area contributed by atoms with Crippen molar-refractivity contribution in [1.82, 2.24) is 0 Å². The molecule has 94 valence electrons. The molecular weight excluding hydrogens is 304 g/mol. The lowest BCUT2D eigenvalue weighted by Gasteiger charge is -1.99. The summed E-state index contributed by atoms with van der Waals surface area (Å²) in [6.07, 6.45) is 0. The van der Waals surface area contributed by atoms with E-state index in [9.17, 15) is 4.79 Å². The van der Waals surface area contributed by atoms with Crippen LogP contribution in [0.1, 0.15) is 11.1 Å². The van der Waals surface area contributed by atoms with Crippen molar-refractivity contribution in [2.24, 2.45) is 4.99 Å². The summed E-state index contributed by atoms with van der Waals surface area (Å²) in [5, 5.41) is 2.82. The van der Waals surface area contributed by atoms with Crippen LogP contribution in [-0.4, -0.2) is 11.6 Å². The number of rotatable bonds is 2. The van der Waals surface area contributed by atoms with Gasteiger partial charge in [-0.25, -0.2) is 0 Å². The van der Waals surface area contributed by atoms with Gasteiger partial charge in [-0.2, -0.15) is 0 Å². The first-order valence-corrected chi connectivity index (χ1v) is 6.73. The van der Waals surface area contributed by atoms with Crippen molar-refractivity contribution < 1.29 is 4.79 Å². The van der Waals surface area contributed by atoms with E-state index >= 15 is 0 Å². The van der Waals surface area contributed by atoms with Gasteiger partial charge >= 0.3 is 0 Å². The first-order chi connectivity index (χ1) is 9.24. The van der Waals surface area contributed by atoms with E-state index in [0.29, 0.717) is 12.3 Å². The van der Waals surface area contributed by atoms with E-state index in [-0.39, 0.29) is 5.91 Å². The average Bonchev–Trinajstić information content (AvgIpc) is 2.73. The number of fused-ring (bicyclic) bond motifs is 1. The zero-order valence-corrected chi connectivity index (χ0v) is 11.6. The van der Waals surface area contributed by atoms with Gasteiger partial charge in [-0.05, 0) is 23.8 Å². The number of halogens is 1. The van der Waals surface area contributed by atoms with Gasteiger partial charge in [-0.15, -0.1) is 0 Å². The summed E-state index contributed by atoms with van der Waals surface area (Å²) in [6.45, 7) is 0.509. The molecule has 0 radical (unpaired) electrons. The van der Waals surface area contributed by atoms with E-state index in [1.54, 1.807) is 0 Å². The quantitative estimate of drug-likeness (QED) is 0.907. The van der Waals surface area contributed by atoms with Crippen LogP contribution in [0.15, 0.2) is 58.0 Å². The number of carbonyl (C=O) groups is 1. The summed E-state index contributed by atoms with van der Waals surface area (Å²) in [7, 11) is 0. The minimum atomic E-state index is -0.135. The molecule has 0 aromatic heterocycles. The molecule has 0 saturated carbocycles. The Morgan fingerprint density at radius 2 is 1.89 bits per heavy atom. The van der Waals surface area contributed by atoms with Crippen LogP contribution in [-0.2, 0) is 11.3 Å². The molecule has 0 unspecified atom stereocenters. The summed E-state index contributed by atoms with van der Waals surface area (Å²) in [5.74, 6) is -0.135. The van der Waals surface area contributed by atoms with Gasteiger partial charge in [-0.1, -0.05) is 46.3 Å². The Bertz CT molecular complexity index is 665. The monoisotopic (exact) mass is 314 g/mol. The van der Waals surface area contributed by atoms with E-state index in [1.807, 2.05) is 48.5 Å². The molecule has 2 aromatic carbocycles.